The average molecular weight is 348 g/mol. The third-order valence-corrected chi connectivity index (χ3v) is 4.68. The fourth-order valence-electron chi connectivity index (χ4n) is 3.25. The third kappa shape index (κ3) is 3.47. The summed E-state index contributed by atoms with van der Waals surface area (Å²) in [5, 5.41) is 3.72. The van der Waals surface area contributed by atoms with Crippen molar-refractivity contribution in [2.45, 2.75) is 19.3 Å². The Balaban J connectivity index is 1.40. The second kappa shape index (κ2) is 7.04. The van der Waals surface area contributed by atoms with Crippen molar-refractivity contribution in [1.29, 1.82) is 0 Å². The van der Waals surface area contributed by atoms with E-state index in [2.05, 4.69) is 5.32 Å². The number of nitrogens with one attached hydrogen (secondary N) is 1. The van der Waals surface area contributed by atoms with Gasteiger partial charge >= 0.3 is 0 Å². The van der Waals surface area contributed by atoms with Gasteiger partial charge in [0.1, 0.15) is 5.58 Å². The van der Waals surface area contributed by atoms with E-state index in [0.29, 0.717) is 17.7 Å². The van der Waals surface area contributed by atoms with Crippen molar-refractivity contribution in [3.63, 3.8) is 0 Å². The predicted molar refractivity (Wildman–Crippen MR) is 100 cm³/mol. The highest BCUT2D eigenvalue weighted by Gasteiger charge is 2.18. The molecule has 3 aromatic rings. The molecule has 0 unspecified atom stereocenters. The highest BCUT2D eigenvalue weighted by atomic mass is 16.3. The Morgan fingerprint density at radius 3 is 2.46 bits per heavy atom. The lowest BCUT2D eigenvalue weighted by molar-refractivity contribution is -0.129. The molecule has 1 aliphatic heterocycles. The number of fused-ring (bicyclic) bond motifs is 1. The van der Waals surface area contributed by atoms with E-state index in [1.54, 1.807) is 6.07 Å². The van der Waals surface area contributed by atoms with E-state index in [0.717, 1.165) is 36.9 Å². The van der Waals surface area contributed by atoms with E-state index in [1.807, 2.05) is 53.4 Å². The van der Waals surface area contributed by atoms with Gasteiger partial charge in [0.05, 0.1) is 6.42 Å². The Morgan fingerprint density at radius 2 is 1.73 bits per heavy atom. The van der Waals surface area contributed by atoms with Crippen molar-refractivity contribution in [1.82, 2.24) is 4.90 Å². The van der Waals surface area contributed by atoms with Crippen LogP contribution >= 0.6 is 0 Å². The quantitative estimate of drug-likeness (QED) is 0.779. The maximum Gasteiger partial charge on any atom is 0.291 e. The molecule has 5 nitrogen and oxygen atoms in total. The van der Waals surface area contributed by atoms with E-state index in [9.17, 15) is 9.59 Å². The number of amides is 2. The van der Waals surface area contributed by atoms with Crippen LogP contribution in [0.15, 0.2) is 59.0 Å². The highest BCUT2D eigenvalue weighted by molar-refractivity contribution is 6.04. The Morgan fingerprint density at radius 1 is 1.00 bits per heavy atom. The van der Waals surface area contributed by atoms with Crippen LogP contribution in [0.1, 0.15) is 29.0 Å². The predicted octanol–water partition coefficient (Wildman–Crippen LogP) is 3.85. The molecule has 1 N–H and O–H groups in total. The molecule has 1 saturated heterocycles. The zero-order valence-electron chi connectivity index (χ0n) is 14.4. The summed E-state index contributed by atoms with van der Waals surface area (Å²) in [4.78, 5) is 26.5. The normalized spacial score (nSPS) is 13.9. The van der Waals surface area contributed by atoms with Gasteiger partial charge in [0.25, 0.3) is 5.91 Å². The summed E-state index contributed by atoms with van der Waals surface area (Å²) in [6.07, 6.45) is 2.59. The number of rotatable bonds is 4. The minimum Gasteiger partial charge on any atom is -0.451 e. The molecule has 2 aromatic carbocycles. The van der Waals surface area contributed by atoms with Crippen molar-refractivity contribution in [2.75, 3.05) is 18.4 Å². The number of hydrogen-bond acceptors (Lipinski definition) is 3. The first-order valence-electron chi connectivity index (χ1n) is 8.86. The molecule has 1 fully saturated rings. The molecule has 132 valence electrons. The van der Waals surface area contributed by atoms with Gasteiger partial charge in [-0.3, -0.25) is 9.59 Å². The highest BCUT2D eigenvalue weighted by Crippen LogP contribution is 2.20. The number of hydrogen-bond donors (Lipinski definition) is 1. The molecule has 1 aromatic heterocycles. The van der Waals surface area contributed by atoms with Gasteiger partial charge in [-0.15, -0.1) is 0 Å². The number of likely N-dealkylation sites (tertiary alicyclic amines) is 1. The van der Waals surface area contributed by atoms with Crippen molar-refractivity contribution in [2.24, 2.45) is 0 Å². The Labute approximate surface area is 151 Å². The zero-order valence-corrected chi connectivity index (χ0v) is 14.4. The summed E-state index contributed by atoms with van der Waals surface area (Å²) in [5.74, 6) is 0.156. The van der Waals surface area contributed by atoms with E-state index in [1.165, 1.54) is 0 Å². The lowest BCUT2D eigenvalue weighted by Crippen LogP contribution is -2.29. The van der Waals surface area contributed by atoms with Crippen LogP contribution in [-0.2, 0) is 11.2 Å². The number of para-hydroxylation sites is 1. The molecule has 5 heteroatoms. The minimum absolute atomic E-state index is 0.168. The van der Waals surface area contributed by atoms with Crippen LogP contribution in [0.3, 0.4) is 0 Å². The van der Waals surface area contributed by atoms with E-state index < -0.39 is 0 Å². The SMILES string of the molecule is O=C(Nc1ccc(CC(=O)N2CCCC2)cc1)c1cc2ccccc2o1. The maximum atomic E-state index is 12.4. The second-order valence-electron chi connectivity index (χ2n) is 6.56. The van der Waals surface area contributed by atoms with Gasteiger partial charge in [-0.25, -0.2) is 0 Å². The van der Waals surface area contributed by atoms with Gasteiger partial charge < -0.3 is 14.6 Å². The lowest BCUT2D eigenvalue weighted by Gasteiger charge is -2.15. The number of furan rings is 1. The largest absolute Gasteiger partial charge is 0.451 e. The van der Waals surface area contributed by atoms with Crippen LogP contribution in [0.2, 0.25) is 0 Å². The molecule has 26 heavy (non-hydrogen) atoms. The minimum atomic E-state index is -0.290. The van der Waals surface area contributed by atoms with Crippen molar-refractivity contribution in [3.8, 4) is 0 Å². The third-order valence-electron chi connectivity index (χ3n) is 4.68. The van der Waals surface area contributed by atoms with Crippen LogP contribution in [0.5, 0.6) is 0 Å². The van der Waals surface area contributed by atoms with E-state index in [-0.39, 0.29) is 17.6 Å². The Hall–Kier alpha value is -3.08. The zero-order chi connectivity index (χ0) is 17.9. The first-order chi connectivity index (χ1) is 12.7. The van der Waals surface area contributed by atoms with Gasteiger partial charge in [0.15, 0.2) is 5.76 Å². The molecule has 0 radical (unpaired) electrons. The lowest BCUT2D eigenvalue weighted by atomic mass is 10.1. The van der Waals surface area contributed by atoms with Crippen molar-refractivity contribution < 1.29 is 14.0 Å². The fourth-order valence-corrected chi connectivity index (χ4v) is 3.25. The summed E-state index contributed by atoms with van der Waals surface area (Å²) < 4.78 is 5.57. The van der Waals surface area contributed by atoms with Gasteiger partial charge in [0.2, 0.25) is 5.91 Å². The van der Waals surface area contributed by atoms with Crippen LogP contribution in [0, 0.1) is 0 Å². The summed E-state index contributed by atoms with van der Waals surface area (Å²) in [7, 11) is 0. The van der Waals surface area contributed by atoms with Crippen LogP contribution in [0.4, 0.5) is 5.69 Å². The Kier molecular flexibility index (Phi) is 4.44. The maximum absolute atomic E-state index is 12.4. The molecule has 0 spiro atoms. The van der Waals surface area contributed by atoms with Gasteiger partial charge in [-0.2, -0.15) is 0 Å². The molecule has 2 heterocycles. The molecule has 1 aliphatic rings. The smallest absolute Gasteiger partial charge is 0.291 e. The molecule has 0 atom stereocenters. The van der Waals surface area contributed by atoms with Crippen molar-refractivity contribution in [3.05, 3.63) is 65.9 Å². The standard InChI is InChI=1S/C21H20N2O3/c24-20(23-11-3-4-12-23)13-15-7-9-17(10-8-15)22-21(25)19-14-16-5-1-2-6-18(16)26-19/h1-2,5-10,14H,3-4,11-13H2,(H,22,25). The Bertz CT molecular complexity index is 904. The first kappa shape index (κ1) is 16.4. The van der Waals surface area contributed by atoms with Crippen LogP contribution in [-0.4, -0.2) is 29.8 Å². The van der Waals surface area contributed by atoms with Crippen molar-refractivity contribution >= 4 is 28.5 Å². The molecule has 0 saturated carbocycles. The van der Waals surface area contributed by atoms with E-state index >= 15 is 0 Å². The molecule has 2 amide bonds. The van der Waals surface area contributed by atoms with E-state index in [4.69, 9.17) is 4.42 Å². The fraction of sp³-hybridized carbons (Fsp3) is 0.238. The summed E-state index contributed by atoms with van der Waals surface area (Å²) in [5.41, 5.74) is 2.31. The number of anilines is 1. The van der Waals surface area contributed by atoms with Crippen LogP contribution in [0.25, 0.3) is 11.0 Å². The summed E-state index contributed by atoms with van der Waals surface area (Å²) >= 11 is 0. The monoisotopic (exact) mass is 348 g/mol. The summed E-state index contributed by atoms with van der Waals surface area (Å²) in [6, 6.07) is 16.6. The van der Waals surface area contributed by atoms with Gasteiger partial charge in [-0.1, -0.05) is 30.3 Å². The number of carbonyl (C=O) groups excluding carboxylic acids is 2. The number of benzene rings is 2. The molecule has 0 bridgehead atoms. The van der Waals surface area contributed by atoms with Crippen LogP contribution < -0.4 is 5.32 Å². The number of carbonyl (C=O) groups is 2. The molecular formula is C21H20N2O3. The average Bonchev–Trinajstić information content (AvgIpc) is 3.33. The molecule has 0 aliphatic carbocycles. The van der Waals surface area contributed by atoms with Gasteiger partial charge in [-0.05, 0) is 42.7 Å². The van der Waals surface area contributed by atoms with Gasteiger partial charge in [0, 0.05) is 24.2 Å². The second-order valence-corrected chi connectivity index (χ2v) is 6.56. The molecule has 4 rings (SSSR count). The summed E-state index contributed by atoms with van der Waals surface area (Å²) in [6.45, 7) is 1.73. The topological polar surface area (TPSA) is 62.6 Å². The first-order valence-corrected chi connectivity index (χ1v) is 8.86. The number of nitrogens with zero attached hydrogens (tertiary/aromatic N) is 1. The molecular weight excluding hydrogens is 328 g/mol.